The maximum absolute atomic E-state index is 12.5. The number of fused-ring (bicyclic) bond motifs is 1. The molecule has 22 heavy (non-hydrogen) atoms. The highest BCUT2D eigenvalue weighted by Gasteiger charge is 2.23. The van der Waals surface area contributed by atoms with Gasteiger partial charge < -0.3 is 5.01 Å². The molecule has 2 aromatic rings. The van der Waals surface area contributed by atoms with Gasteiger partial charge in [0.15, 0.2) is 0 Å². The van der Waals surface area contributed by atoms with E-state index in [9.17, 15) is 9.59 Å². The molecule has 0 saturated carbocycles. The first-order valence-electron chi connectivity index (χ1n) is 7.02. The van der Waals surface area contributed by atoms with E-state index in [2.05, 4.69) is 43.5 Å². The predicted molar refractivity (Wildman–Crippen MR) is 104 cm³/mol. The molecule has 0 amide bonds. The van der Waals surface area contributed by atoms with Gasteiger partial charge in [-0.25, -0.2) is 9.47 Å². The first kappa shape index (κ1) is 16.2. The lowest BCUT2D eigenvalue weighted by atomic mass is 10.0. The third-order valence-corrected chi connectivity index (χ3v) is 6.84. The molecule has 1 fully saturated rings. The van der Waals surface area contributed by atoms with Crippen LogP contribution in [0.15, 0.2) is 21.4 Å². The molecule has 0 radical (unpaired) electrons. The van der Waals surface area contributed by atoms with E-state index in [4.69, 9.17) is 0 Å². The van der Waals surface area contributed by atoms with Crippen LogP contribution in [0.3, 0.4) is 0 Å². The Hall–Kier alpha value is -0.630. The Balaban J connectivity index is 2.13. The van der Waals surface area contributed by atoms with E-state index in [1.54, 1.807) is 4.68 Å². The Morgan fingerprint density at radius 3 is 2.77 bits per heavy atom. The van der Waals surface area contributed by atoms with Crippen LogP contribution in [-0.4, -0.2) is 28.1 Å². The van der Waals surface area contributed by atoms with Gasteiger partial charge in [-0.2, -0.15) is 0 Å². The molecule has 1 aliphatic rings. The summed E-state index contributed by atoms with van der Waals surface area (Å²) in [6.07, 6.45) is 3.59. The Labute approximate surface area is 154 Å². The van der Waals surface area contributed by atoms with Crippen LogP contribution in [0.4, 0.5) is 0 Å². The second-order valence-electron chi connectivity index (χ2n) is 5.30. The molecule has 116 valence electrons. The van der Waals surface area contributed by atoms with E-state index in [0.29, 0.717) is 0 Å². The number of benzene rings is 1. The highest BCUT2D eigenvalue weighted by molar-refractivity contribution is 14.1. The Morgan fingerprint density at radius 2 is 2.14 bits per heavy atom. The van der Waals surface area contributed by atoms with Crippen LogP contribution in [-0.2, 0) is 4.79 Å². The fourth-order valence-corrected chi connectivity index (χ4v) is 5.05. The molecule has 1 saturated heterocycles. The maximum Gasteiger partial charge on any atom is 0.326 e. The molecule has 1 aromatic heterocycles. The number of halogens is 2. The number of nitrogens with zero attached hydrogens (tertiary/aromatic N) is 2. The van der Waals surface area contributed by atoms with E-state index in [1.165, 1.54) is 17.4 Å². The minimum atomic E-state index is 0.00146. The molecule has 1 aromatic carbocycles. The first-order chi connectivity index (χ1) is 10.7. The fraction of sp³-hybridized carbons (Fsp3) is 0.400. The Morgan fingerprint density at radius 1 is 1.41 bits per heavy atom. The lowest BCUT2D eigenvalue weighted by Gasteiger charge is -2.33. The van der Waals surface area contributed by atoms with Crippen LogP contribution < -0.4 is 9.88 Å². The summed E-state index contributed by atoms with van der Waals surface area (Å²) in [7, 11) is 0. The zero-order valence-electron chi connectivity index (χ0n) is 11.7. The summed E-state index contributed by atoms with van der Waals surface area (Å²) in [5, 5.41) is 2.11. The van der Waals surface area contributed by atoms with Gasteiger partial charge in [0.05, 0.1) is 10.2 Å². The van der Waals surface area contributed by atoms with Crippen molar-refractivity contribution in [3.63, 3.8) is 0 Å². The number of rotatable bonds is 3. The van der Waals surface area contributed by atoms with Crippen molar-refractivity contribution in [2.24, 2.45) is 5.92 Å². The van der Waals surface area contributed by atoms with Crippen LogP contribution in [0.2, 0.25) is 0 Å². The van der Waals surface area contributed by atoms with Crippen molar-refractivity contribution in [1.82, 2.24) is 4.68 Å². The monoisotopic (exact) mass is 492 g/mol. The van der Waals surface area contributed by atoms with Crippen LogP contribution in [0, 0.1) is 5.92 Å². The van der Waals surface area contributed by atoms with Gasteiger partial charge in [-0.15, -0.1) is 0 Å². The van der Waals surface area contributed by atoms with Gasteiger partial charge in [-0.05, 0) is 30.9 Å². The van der Waals surface area contributed by atoms with Gasteiger partial charge in [0.2, 0.25) is 0 Å². The molecule has 7 heteroatoms. The Bertz CT molecular complexity index is 802. The Kier molecular flexibility index (Phi) is 5.07. The summed E-state index contributed by atoms with van der Waals surface area (Å²) in [6.45, 7) is 1.74. The lowest BCUT2D eigenvalue weighted by molar-refractivity contribution is 0.397. The average Bonchev–Trinajstić information content (AvgIpc) is 2.87. The SMILES string of the molecule is O=C=Cc1c(Br)ccc2sc(=O)n(N3CCC(CI)CC3)c12. The van der Waals surface area contributed by atoms with Crippen LogP contribution in [0.1, 0.15) is 18.4 Å². The van der Waals surface area contributed by atoms with Crippen molar-refractivity contribution >= 4 is 72.1 Å². The van der Waals surface area contributed by atoms with Crippen molar-refractivity contribution in [2.45, 2.75) is 12.8 Å². The third kappa shape index (κ3) is 2.91. The second-order valence-corrected chi connectivity index (χ2v) is 8.03. The van der Waals surface area contributed by atoms with Crippen LogP contribution >= 0.6 is 49.9 Å². The van der Waals surface area contributed by atoms with Crippen molar-refractivity contribution in [3.05, 3.63) is 31.8 Å². The summed E-state index contributed by atoms with van der Waals surface area (Å²) in [6, 6.07) is 3.79. The normalized spacial score (nSPS) is 16.0. The molecule has 3 rings (SSSR count). The standard InChI is InChI=1S/C15H14BrIN2O2S/c16-12-1-2-13-14(11(12)5-8-20)19(15(21)22-13)18-6-3-10(9-17)4-7-18/h1-2,5,10H,3-4,6-7,9H2. The molecule has 4 nitrogen and oxygen atoms in total. The number of carbonyl (C=O) groups excluding carboxylic acids is 1. The molecule has 0 atom stereocenters. The highest BCUT2D eigenvalue weighted by Crippen LogP contribution is 2.30. The number of hydrogen-bond acceptors (Lipinski definition) is 4. The van der Waals surface area contributed by atoms with E-state index < -0.39 is 0 Å². The first-order valence-corrected chi connectivity index (χ1v) is 10.2. The smallest absolute Gasteiger partial charge is 0.309 e. The van der Waals surface area contributed by atoms with Gasteiger partial charge in [-0.1, -0.05) is 49.9 Å². The number of piperidine rings is 1. The molecule has 0 bridgehead atoms. The minimum Gasteiger partial charge on any atom is -0.309 e. The third-order valence-electron chi connectivity index (χ3n) is 4.00. The molecule has 1 aliphatic heterocycles. The van der Waals surface area contributed by atoms with Gasteiger partial charge in [-0.3, -0.25) is 4.79 Å². The maximum atomic E-state index is 12.5. The van der Waals surface area contributed by atoms with E-state index in [1.807, 2.05) is 18.1 Å². The summed E-state index contributed by atoms with van der Waals surface area (Å²) < 4.78 is 4.61. The zero-order chi connectivity index (χ0) is 15.7. The van der Waals surface area contributed by atoms with Crippen molar-refractivity contribution < 1.29 is 4.79 Å². The van der Waals surface area contributed by atoms with Gasteiger partial charge >= 0.3 is 4.87 Å². The van der Waals surface area contributed by atoms with Crippen LogP contribution in [0.25, 0.3) is 16.3 Å². The molecular formula is C15H14BrIN2O2S. The largest absolute Gasteiger partial charge is 0.326 e. The van der Waals surface area contributed by atoms with Crippen molar-refractivity contribution in [1.29, 1.82) is 0 Å². The molecule has 0 N–H and O–H groups in total. The number of thiazole rings is 1. The quantitative estimate of drug-likeness (QED) is 0.374. The van der Waals surface area contributed by atoms with Crippen molar-refractivity contribution in [2.75, 3.05) is 22.5 Å². The van der Waals surface area contributed by atoms with Gasteiger partial charge in [0, 0.05) is 33.6 Å². The molecule has 0 unspecified atom stereocenters. The summed E-state index contributed by atoms with van der Waals surface area (Å²) in [4.78, 5) is 23.3. The molecular weight excluding hydrogens is 479 g/mol. The summed E-state index contributed by atoms with van der Waals surface area (Å²) >= 11 is 7.12. The van der Waals surface area contributed by atoms with Gasteiger partial charge in [0.1, 0.15) is 5.94 Å². The number of alkyl halides is 1. The minimum absolute atomic E-state index is 0.00146. The molecule has 0 aliphatic carbocycles. The number of hydrogen-bond donors (Lipinski definition) is 0. The molecule has 2 heterocycles. The van der Waals surface area contributed by atoms with Crippen LogP contribution in [0.5, 0.6) is 0 Å². The van der Waals surface area contributed by atoms with E-state index >= 15 is 0 Å². The number of aromatic nitrogens is 1. The fourth-order valence-electron chi connectivity index (χ4n) is 2.82. The molecule has 0 spiro atoms. The van der Waals surface area contributed by atoms with Gasteiger partial charge in [0.25, 0.3) is 0 Å². The van der Waals surface area contributed by atoms with E-state index in [0.717, 1.165) is 56.5 Å². The van der Waals surface area contributed by atoms with Crippen molar-refractivity contribution in [3.8, 4) is 0 Å². The predicted octanol–water partition coefficient (Wildman–Crippen LogP) is 3.45. The lowest BCUT2D eigenvalue weighted by Crippen LogP contribution is -2.45. The zero-order valence-corrected chi connectivity index (χ0v) is 16.3. The second kappa shape index (κ2) is 6.86. The van der Waals surface area contributed by atoms with E-state index in [-0.39, 0.29) is 4.87 Å². The summed E-state index contributed by atoms with van der Waals surface area (Å²) in [5.74, 6) is 2.57. The summed E-state index contributed by atoms with van der Waals surface area (Å²) in [5.41, 5.74) is 1.53. The highest BCUT2D eigenvalue weighted by atomic mass is 127. The topological polar surface area (TPSA) is 42.3 Å². The average molecular weight is 493 g/mol.